The fraction of sp³-hybridized carbons (Fsp3) is 0.533. The predicted octanol–water partition coefficient (Wildman–Crippen LogP) is 1.59. The lowest BCUT2D eigenvalue weighted by Crippen LogP contribution is -2.52. The number of rotatable bonds is 4. The van der Waals surface area contributed by atoms with Gasteiger partial charge in [0, 0.05) is 32.1 Å². The number of carbonyl (C=O) groups excluding carboxylic acids is 1. The van der Waals surface area contributed by atoms with E-state index in [1.54, 1.807) is 12.1 Å². The van der Waals surface area contributed by atoms with E-state index in [0.717, 1.165) is 25.2 Å². The molecule has 1 aliphatic heterocycles. The van der Waals surface area contributed by atoms with E-state index < -0.39 is 0 Å². The van der Waals surface area contributed by atoms with Crippen LogP contribution in [0, 0.1) is 5.82 Å². The summed E-state index contributed by atoms with van der Waals surface area (Å²) in [6.45, 7) is 4.46. The molecule has 0 saturated carbocycles. The third-order valence-corrected chi connectivity index (χ3v) is 3.67. The Balaban J connectivity index is 1.91. The Labute approximate surface area is 118 Å². The highest BCUT2D eigenvalue weighted by Gasteiger charge is 2.22. The van der Waals surface area contributed by atoms with Crippen molar-refractivity contribution in [2.75, 3.05) is 26.7 Å². The number of amides is 1. The third-order valence-electron chi connectivity index (χ3n) is 3.67. The van der Waals surface area contributed by atoms with Gasteiger partial charge in [0.25, 0.3) is 0 Å². The van der Waals surface area contributed by atoms with Gasteiger partial charge >= 0.3 is 0 Å². The lowest BCUT2D eigenvalue weighted by Gasteiger charge is -2.34. The Morgan fingerprint density at radius 1 is 1.55 bits per heavy atom. The van der Waals surface area contributed by atoms with Gasteiger partial charge in [-0.3, -0.25) is 4.79 Å². The van der Waals surface area contributed by atoms with Crippen LogP contribution in [0.2, 0.25) is 0 Å². The van der Waals surface area contributed by atoms with Gasteiger partial charge < -0.3 is 15.0 Å². The first-order valence-corrected chi connectivity index (χ1v) is 6.94. The average Bonchev–Trinajstić information content (AvgIpc) is 2.45. The predicted molar refractivity (Wildman–Crippen MR) is 75.3 cm³/mol. The molecule has 0 spiro atoms. The standard InChI is InChI=1S/C15H21FN2O2/c1-11-10-17-7-8-18(11)15(19)6-4-12-3-5-14(20-2)13(16)9-12/h3,5,9,11,17H,4,6-8,10H2,1-2H3. The topological polar surface area (TPSA) is 41.6 Å². The van der Waals surface area contributed by atoms with Gasteiger partial charge in [0.1, 0.15) is 0 Å². The van der Waals surface area contributed by atoms with E-state index in [9.17, 15) is 9.18 Å². The summed E-state index contributed by atoms with van der Waals surface area (Å²) >= 11 is 0. The summed E-state index contributed by atoms with van der Waals surface area (Å²) in [5, 5.41) is 3.26. The lowest BCUT2D eigenvalue weighted by molar-refractivity contribution is -0.133. The summed E-state index contributed by atoms with van der Waals surface area (Å²) in [4.78, 5) is 14.1. The number of piperazine rings is 1. The molecular formula is C15H21FN2O2. The van der Waals surface area contributed by atoms with E-state index in [-0.39, 0.29) is 23.5 Å². The largest absolute Gasteiger partial charge is 0.494 e. The zero-order chi connectivity index (χ0) is 14.5. The first-order chi connectivity index (χ1) is 9.61. The number of nitrogens with zero attached hydrogens (tertiary/aromatic N) is 1. The summed E-state index contributed by atoms with van der Waals surface area (Å²) < 4.78 is 18.4. The molecule has 0 bridgehead atoms. The van der Waals surface area contributed by atoms with Crippen molar-refractivity contribution in [2.45, 2.75) is 25.8 Å². The van der Waals surface area contributed by atoms with E-state index in [1.165, 1.54) is 13.2 Å². The number of methoxy groups -OCH3 is 1. The molecule has 1 amide bonds. The van der Waals surface area contributed by atoms with Crippen LogP contribution in [0.4, 0.5) is 4.39 Å². The molecule has 1 unspecified atom stereocenters. The van der Waals surface area contributed by atoms with Crippen molar-refractivity contribution in [3.05, 3.63) is 29.6 Å². The van der Waals surface area contributed by atoms with E-state index in [1.807, 2.05) is 11.8 Å². The van der Waals surface area contributed by atoms with Gasteiger partial charge in [0.05, 0.1) is 7.11 Å². The Morgan fingerprint density at radius 2 is 2.35 bits per heavy atom. The quantitative estimate of drug-likeness (QED) is 0.910. The minimum atomic E-state index is -0.381. The Morgan fingerprint density at radius 3 is 3.00 bits per heavy atom. The van der Waals surface area contributed by atoms with Gasteiger partial charge in [0.15, 0.2) is 11.6 Å². The van der Waals surface area contributed by atoms with Crippen LogP contribution in [0.1, 0.15) is 18.9 Å². The van der Waals surface area contributed by atoms with Crippen LogP contribution in [0.5, 0.6) is 5.75 Å². The Bertz CT molecular complexity index is 479. The number of carbonyl (C=O) groups is 1. The van der Waals surface area contributed by atoms with E-state index in [4.69, 9.17) is 4.74 Å². The average molecular weight is 280 g/mol. The second-order valence-corrected chi connectivity index (χ2v) is 5.11. The van der Waals surface area contributed by atoms with Gasteiger partial charge in [-0.15, -0.1) is 0 Å². The van der Waals surface area contributed by atoms with Crippen LogP contribution in [0.3, 0.4) is 0 Å². The first kappa shape index (κ1) is 14.8. The molecule has 4 nitrogen and oxygen atoms in total. The van der Waals surface area contributed by atoms with Crippen molar-refractivity contribution in [3.8, 4) is 5.75 Å². The molecule has 0 aliphatic carbocycles. The maximum atomic E-state index is 13.6. The van der Waals surface area contributed by atoms with Crippen LogP contribution in [0.15, 0.2) is 18.2 Å². The molecule has 5 heteroatoms. The molecule has 2 rings (SSSR count). The summed E-state index contributed by atoms with van der Waals surface area (Å²) in [7, 11) is 1.44. The molecule has 1 N–H and O–H groups in total. The number of halogens is 1. The Hall–Kier alpha value is -1.62. The second kappa shape index (κ2) is 6.70. The highest BCUT2D eigenvalue weighted by Crippen LogP contribution is 2.19. The number of ether oxygens (including phenoxy) is 1. The first-order valence-electron chi connectivity index (χ1n) is 6.94. The zero-order valence-electron chi connectivity index (χ0n) is 12.0. The van der Waals surface area contributed by atoms with Crippen molar-refractivity contribution >= 4 is 5.91 Å². The fourth-order valence-corrected chi connectivity index (χ4v) is 2.47. The van der Waals surface area contributed by atoms with Crippen molar-refractivity contribution in [1.29, 1.82) is 0 Å². The number of hydrogen-bond donors (Lipinski definition) is 1. The van der Waals surface area contributed by atoms with Gasteiger partial charge in [-0.2, -0.15) is 0 Å². The maximum absolute atomic E-state index is 13.6. The molecule has 1 fully saturated rings. The van der Waals surface area contributed by atoms with Crippen molar-refractivity contribution < 1.29 is 13.9 Å². The van der Waals surface area contributed by atoms with Crippen molar-refractivity contribution in [3.63, 3.8) is 0 Å². The highest BCUT2D eigenvalue weighted by molar-refractivity contribution is 5.77. The number of aryl methyl sites for hydroxylation is 1. The number of nitrogens with one attached hydrogen (secondary N) is 1. The smallest absolute Gasteiger partial charge is 0.223 e. The molecule has 20 heavy (non-hydrogen) atoms. The van der Waals surface area contributed by atoms with E-state index in [2.05, 4.69) is 5.32 Å². The van der Waals surface area contributed by atoms with Crippen LogP contribution < -0.4 is 10.1 Å². The molecule has 1 saturated heterocycles. The van der Waals surface area contributed by atoms with Crippen LogP contribution in [-0.2, 0) is 11.2 Å². The molecular weight excluding hydrogens is 259 g/mol. The summed E-state index contributed by atoms with van der Waals surface area (Å²) in [6, 6.07) is 5.07. The van der Waals surface area contributed by atoms with Gasteiger partial charge in [-0.1, -0.05) is 6.07 Å². The molecule has 0 radical (unpaired) electrons. The maximum Gasteiger partial charge on any atom is 0.223 e. The van der Waals surface area contributed by atoms with E-state index >= 15 is 0 Å². The molecule has 1 aromatic rings. The molecule has 1 aliphatic rings. The van der Waals surface area contributed by atoms with E-state index in [0.29, 0.717) is 12.8 Å². The van der Waals surface area contributed by atoms with Gasteiger partial charge in [0.2, 0.25) is 5.91 Å². The molecule has 1 heterocycles. The third kappa shape index (κ3) is 3.48. The summed E-state index contributed by atoms with van der Waals surface area (Å²) in [5.41, 5.74) is 0.819. The van der Waals surface area contributed by atoms with Gasteiger partial charge in [-0.05, 0) is 31.0 Å². The number of benzene rings is 1. The number of hydrogen-bond acceptors (Lipinski definition) is 3. The SMILES string of the molecule is COc1ccc(CCC(=O)N2CCNCC2C)cc1F. The zero-order valence-corrected chi connectivity index (χ0v) is 12.0. The fourth-order valence-electron chi connectivity index (χ4n) is 2.47. The van der Waals surface area contributed by atoms with Gasteiger partial charge in [-0.25, -0.2) is 4.39 Å². The second-order valence-electron chi connectivity index (χ2n) is 5.11. The molecule has 0 aromatic heterocycles. The molecule has 1 aromatic carbocycles. The molecule has 110 valence electrons. The minimum absolute atomic E-state index is 0.134. The Kier molecular flexibility index (Phi) is 4.95. The van der Waals surface area contributed by atoms with Crippen LogP contribution in [-0.4, -0.2) is 43.6 Å². The normalized spacial score (nSPS) is 18.9. The summed E-state index contributed by atoms with van der Waals surface area (Å²) in [5.74, 6) is -0.0148. The highest BCUT2D eigenvalue weighted by atomic mass is 19.1. The van der Waals surface area contributed by atoms with Crippen molar-refractivity contribution in [2.24, 2.45) is 0 Å². The minimum Gasteiger partial charge on any atom is -0.494 e. The molecule has 1 atom stereocenters. The monoisotopic (exact) mass is 280 g/mol. The lowest BCUT2D eigenvalue weighted by atomic mass is 10.1. The van der Waals surface area contributed by atoms with Crippen LogP contribution >= 0.6 is 0 Å². The van der Waals surface area contributed by atoms with Crippen LogP contribution in [0.25, 0.3) is 0 Å². The van der Waals surface area contributed by atoms with Crippen molar-refractivity contribution in [1.82, 2.24) is 10.2 Å². The summed E-state index contributed by atoms with van der Waals surface area (Å²) in [6.07, 6.45) is 0.965.